The first-order chi connectivity index (χ1) is 19.0. The fourth-order valence-corrected chi connectivity index (χ4v) is 3.61. The first-order valence-corrected chi connectivity index (χ1v) is 14.2. The van der Waals surface area contributed by atoms with Crippen molar-refractivity contribution < 1.29 is 48.0 Å². The Kier molecular flexibility index (Phi) is 14.1. The maximum atomic E-state index is 12.6. The van der Waals surface area contributed by atoms with E-state index in [1.54, 1.807) is 34.6 Å². The molecule has 1 rings (SSSR count). The summed E-state index contributed by atoms with van der Waals surface area (Å²) in [6.45, 7) is 14.2. The summed E-state index contributed by atoms with van der Waals surface area (Å²) < 4.78 is 27.0. The van der Waals surface area contributed by atoms with Gasteiger partial charge in [0, 0.05) is 12.3 Å². The lowest BCUT2D eigenvalue weighted by Gasteiger charge is -2.26. The van der Waals surface area contributed by atoms with Crippen molar-refractivity contribution in [2.24, 2.45) is 5.73 Å². The number of hydrogen-bond donors (Lipinski definition) is 2. The fourth-order valence-electron chi connectivity index (χ4n) is 3.61. The summed E-state index contributed by atoms with van der Waals surface area (Å²) in [5, 5.41) is 9.70. The van der Waals surface area contributed by atoms with Gasteiger partial charge in [-0.3, -0.25) is 9.59 Å². The van der Waals surface area contributed by atoms with E-state index in [0.717, 1.165) is 12.8 Å². The van der Waals surface area contributed by atoms with Crippen molar-refractivity contribution in [1.82, 2.24) is 0 Å². The predicted molar refractivity (Wildman–Crippen MR) is 152 cm³/mol. The van der Waals surface area contributed by atoms with Crippen molar-refractivity contribution >= 4 is 24.2 Å². The number of esters is 1. The Morgan fingerprint density at radius 3 is 1.90 bits per heavy atom. The molecule has 1 aromatic carbocycles. The summed E-state index contributed by atoms with van der Waals surface area (Å²) in [6, 6.07) is 2.84. The average Bonchev–Trinajstić information content (AvgIpc) is 2.87. The molecule has 11 nitrogen and oxygen atoms in total. The molecule has 0 radical (unpaired) electrons. The van der Waals surface area contributed by atoms with E-state index in [9.17, 15) is 24.3 Å². The monoisotopic (exact) mass is 581 g/mol. The molecule has 0 heterocycles. The van der Waals surface area contributed by atoms with E-state index in [2.05, 4.69) is 0 Å². The van der Waals surface area contributed by atoms with Gasteiger partial charge in [0.25, 0.3) is 0 Å². The van der Waals surface area contributed by atoms with Crippen molar-refractivity contribution in [3.8, 4) is 11.5 Å². The van der Waals surface area contributed by atoms with Gasteiger partial charge in [-0.1, -0.05) is 39.7 Å². The number of nitrogens with two attached hydrogens (primary N) is 1. The number of rotatable bonds is 16. The van der Waals surface area contributed by atoms with Crippen molar-refractivity contribution in [1.29, 1.82) is 0 Å². The lowest BCUT2D eigenvalue weighted by molar-refractivity contribution is -0.149. The molecule has 0 amide bonds. The zero-order valence-corrected chi connectivity index (χ0v) is 25.6. The molecular formula is C30H47NO10. The smallest absolute Gasteiger partial charge is 0.480 e. The molecule has 0 aliphatic rings. The van der Waals surface area contributed by atoms with Crippen LogP contribution in [0.3, 0.4) is 0 Å². The number of carboxylic acids is 1. The van der Waals surface area contributed by atoms with Crippen LogP contribution in [0, 0.1) is 0 Å². The van der Waals surface area contributed by atoms with Crippen LogP contribution < -0.4 is 15.2 Å². The van der Waals surface area contributed by atoms with Crippen LogP contribution in [0.2, 0.25) is 0 Å². The summed E-state index contributed by atoms with van der Waals surface area (Å²) >= 11 is 0. The molecule has 0 aliphatic carbocycles. The molecular weight excluding hydrogens is 534 g/mol. The van der Waals surface area contributed by atoms with Crippen molar-refractivity contribution in [2.75, 3.05) is 0 Å². The van der Waals surface area contributed by atoms with Gasteiger partial charge in [-0.2, -0.15) is 0 Å². The lowest BCUT2D eigenvalue weighted by Crippen LogP contribution is -2.38. The number of unbranched alkanes of at least 4 members (excludes halogenated alkanes) is 2. The highest BCUT2D eigenvalue weighted by Crippen LogP contribution is 2.35. The number of hydrogen-bond acceptors (Lipinski definition) is 10. The summed E-state index contributed by atoms with van der Waals surface area (Å²) in [5.41, 5.74) is 4.78. The number of carboxylic acid groups (broad SMARTS) is 1. The second-order valence-corrected chi connectivity index (χ2v) is 11.3. The number of aliphatic carboxylic acids is 1. The van der Waals surface area contributed by atoms with Gasteiger partial charge in [0.2, 0.25) is 0 Å². The number of carbonyl (C=O) groups is 4. The second kappa shape index (κ2) is 16.2. The van der Waals surface area contributed by atoms with E-state index in [1.807, 2.05) is 20.8 Å². The Labute approximate surface area is 243 Å². The highest BCUT2D eigenvalue weighted by atomic mass is 16.8. The van der Waals surface area contributed by atoms with Gasteiger partial charge in [0.05, 0.1) is 6.10 Å². The molecule has 3 N–H and O–H groups in total. The minimum Gasteiger partial charge on any atom is -0.480 e. The molecule has 0 aliphatic heterocycles. The van der Waals surface area contributed by atoms with Crippen LogP contribution in [0.4, 0.5) is 9.59 Å². The van der Waals surface area contributed by atoms with Crippen LogP contribution in [0.5, 0.6) is 11.5 Å². The van der Waals surface area contributed by atoms with Gasteiger partial charge >= 0.3 is 24.2 Å². The molecule has 0 saturated heterocycles. The van der Waals surface area contributed by atoms with Gasteiger partial charge in [-0.25, -0.2) is 9.59 Å². The highest BCUT2D eigenvalue weighted by Gasteiger charge is 2.31. The third-order valence-corrected chi connectivity index (χ3v) is 6.83. The standard InChI is InChI=1S/C30H47NO10/c1-9-12-13-14-24(32)37-19(4)17-21(25(31)26(33)34)20-15-16-22(38-27(35)40-29(5,6)10-2)23(18-20)39-28(36)41-30(7,8)11-3/h15-16,18-19,21,25H,9-14,17,31H2,1-8H3,(H,33,34)/t19?,21?,25-/m0/s1. The quantitative estimate of drug-likeness (QED) is 0.0949. The Balaban J connectivity index is 3.36. The SMILES string of the molecule is CCCCCC(=O)OC(C)CC(c1ccc(OC(=O)OC(C)(C)CC)c(OC(=O)OC(C)(C)CC)c1)[C@H](N)C(=O)O. The fraction of sp³-hybridized carbons (Fsp3) is 0.667. The minimum absolute atomic E-state index is 0.0761. The van der Waals surface area contributed by atoms with Crippen LogP contribution in [0.15, 0.2) is 18.2 Å². The molecule has 1 aromatic rings. The average molecular weight is 582 g/mol. The van der Waals surface area contributed by atoms with Crippen LogP contribution in [-0.2, 0) is 23.8 Å². The Bertz CT molecular complexity index is 1040. The Morgan fingerprint density at radius 1 is 0.878 bits per heavy atom. The van der Waals surface area contributed by atoms with E-state index in [1.165, 1.54) is 18.2 Å². The van der Waals surface area contributed by atoms with Gasteiger partial charge in [0.1, 0.15) is 17.2 Å². The summed E-state index contributed by atoms with van der Waals surface area (Å²) in [6.07, 6.45) is 1.22. The topological polar surface area (TPSA) is 161 Å². The normalized spacial score (nSPS) is 13.9. The largest absolute Gasteiger partial charge is 0.514 e. The van der Waals surface area contributed by atoms with Crippen LogP contribution >= 0.6 is 0 Å². The third kappa shape index (κ3) is 12.8. The van der Waals surface area contributed by atoms with Gasteiger partial charge in [-0.15, -0.1) is 0 Å². The second-order valence-electron chi connectivity index (χ2n) is 11.3. The molecule has 41 heavy (non-hydrogen) atoms. The zero-order valence-electron chi connectivity index (χ0n) is 25.6. The van der Waals surface area contributed by atoms with E-state index >= 15 is 0 Å². The van der Waals surface area contributed by atoms with Gasteiger partial charge in [0.15, 0.2) is 11.5 Å². The molecule has 2 unspecified atom stereocenters. The molecule has 0 aromatic heterocycles. The van der Waals surface area contributed by atoms with E-state index in [4.69, 9.17) is 29.4 Å². The molecule has 11 heteroatoms. The van der Waals surface area contributed by atoms with Crippen molar-refractivity contribution in [2.45, 2.75) is 130 Å². The molecule has 232 valence electrons. The molecule has 0 fully saturated rings. The van der Waals surface area contributed by atoms with E-state index < -0.39 is 47.5 Å². The first-order valence-electron chi connectivity index (χ1n) is 14.2. The minimum atomic E-state index is -1.38. The molecule has 0 bridgehead atoms. The molecule has 0 spiro atoms. The summed E-state index contributed by atoms with van der Waals surface area (Å²) in [5.74, 6) is -2.84. The van der Waals surface area contributed by atoms with Crippen LogP contribution in [0.1, 0.15) is 112 Å². The van der Waals surface area contributed by atoms with Gasteiger partial charge < -0.3 is 34.5 Å². The van der Waals surface area contributed by atoms with Crippen molar-refractivity contribution in [3.05, 3.63) is 23.8 Å². The summed E-state index contributed by atoms with van der Waals surface area (Å²) in [4.78, 5) is 49.3. The zero-order chi connectivity index (χ0) is 31.4. The number of carbonyl (C=O) groups excluding carboxylic acids is 3. The maximum Gasteiger partial charge on any atom is 0.514 e. The number of ether oxygens (including phenoxy) is 5. The predicted octanol–water partition coefficient (Wildman–Crippen LogP) is 6.49. The van der Waals surface area contributed by atoms with Crippen LogP contribution in [-0.4, -0.2) is 52.7 Å². The lowest BCUT2D eigenvalue weighted by atomic mass is 9.87. The number of benzene rings is 1. The first kappa shape index (κ1) is 35.7. The Morgan fingerprint density at radius 2 is 1.41 bits per heavy atom. The Hall–Kier alpha value is -3.34. The third-order valence-electron chi connectivity index (χ3n) is 6.83. The van der Waals surface area contributed by atoms with Crippen LogP contribution in [0.25, 0.3) is 0 Å². The van der Waals surface area contributed by atoms with Crippen molar-refractivity contribution in [3.63, 3.8) is 0 Å². The highest BCUT2D eigenvalue weighted by molar-refractivity contribution is 5.75. The van der Waals surface area contributed by atoms with Gasteiger partial charge in [-0.05, 0) is 78.0 Å². The maximum absolute atomic E-state index is 12.6. The van der Waals surface area contributed by atoms with E-state index in [-0.39, 0.29) is 30.3 Å². The molecule has 3 atom stereocenters. The van der Waals surface area contributed by atoms with E-state index in [0.29, 0.717) is 24.8 Å². The molecule has 0 saturated carbocycles. The summed E-state index contributed by atoms with van der Waals surface area (Å²) in [7, 11) is 0.